The molecule has 0 bridgehead atoms. The molecule has 8 heteroatoms. The van der Waals surface area contributed by atoms with E-state index in [4.69, 9.17) is 4.74 Å². The average molecular weight is 465 g/mol. The maximum atomic E-state index is 12.8. The number of nitrogens with zero attached hydrogens (tertiary/aromatic N) is 3. The molecule has 1 amide bonds. The largest absolute Gasteiger partial charge is 0.484 e. The van der Waals surface area contributed by atoms with E-state index in [0.717, 1.165) is 31.6 Å². The van der Waals surface area contributed by atoms with Gasteiger partial charge in [-0.3, -0.25) is 14.4 Å². The van der Waals surface area contributed by atoms with Crippen molar-refractivity contribution in [2.24, 2.45) is 14.1 Å². The Labute approximate surface area is 198 Å². The molecule has 1 aromatic heterocycles. The molecule has 4 rings (SSSR count). The van der Waals surface area contributed by atoms with Gasteiger partial charge in [0, 0.05) is 27.2 Å². The molecule has 1 fully saturated rings. The molecule has 180 valence electrons. The van der Waals surface area contributed by atoms with Gasteiger partial charge >= 0.3 is 11.1 Å². The van der Waals surface area contributed by atoms with Crippen LogP contribution in [0, 0.1) is 0 Å². The summed E-state index contributed by atoms with van der Waals surface area (Å²) in [5, 5.41) is 2.97. The Hall–Kier alpha value is -3.55. The Balaban J connectivity index is 1.63. The standard InChI is InChI=1S/C26H32N4O4/c1-17(2)18-8-10-19(11-9-18)34-16-24(31)27-20-14-22-23(29(4)26(33)25(32)28(22)3)15-21(20)30-12-6-5-7-13-30/h8-11,14-15,17H,5-7,12-13,16H2,1-4H3,(H,27,31). The van der Waals surface area contributed by atoms with Crippen molar-refractivity contribution in [1.29, 1.82) is 0 Å². The van der Waals surface area contributed by atoms with Crippen LogP contribution in [0.5, 0.6) is 5.75 Å². The maximum absolute atomic E-state index is 12.8. The van der Waals surface area contributed by atoms with Crippen LogP contribution in [-0.2, 0) is 18.9 Å². The predicted molar refractivity (Wildman–Crippen MR) is 135 cm³/mol. The second-order valence-electron chi connectivity index (χ2n) is 9.19. The number of hydrogen-bond donors (Lipinski definition) is 1. The minimum absolute atomic E-state index is 0.134. The van der Waals surface area contributed by atoms with Crippen molar-refractivity contribution in [1.82, 2.24) is 9.13 Å². The molecule has 34 heavy (non-hydrogen) atoms. The van der Waals surface area contributed by atoms with Gasteiger partial charge in [0.1, 0.15) is 5.75 Å². The number of aromatic nitrogens is 2. The molecule has 8 nitrogen and oxygen atoms in total. The summed E-state index contributed by atoms with van der Waals surface area (Å²) in [6.07, 6.45) is 3.29. The van der Waals surface area contributed by atoms with Crippen LogP contribution in [0.25, 0.3) is 11.0 Å². The lowest BCUT2D eigenvalue weighted by Gasteiger charge is -2.31. The third kappa shape index (κ3) is 4.71. The van der Waals surface area contributed by atoms with Crippen molar-refractivity contribution in [3.8, 4) is 5.75 Å². The number of aryl methyl sites for hydroxylation is 2. The third-order valence-electron chi connectivity index (χ3n) is 6.50. The Morgan fingerprint density at radius 3 is 2.12 bits per heavy atom. The average Bonchev–Trinajstić information content (AvgIpc) is 2.85. The normalized spacial score (nSPS) is 14.0. The SMILES string of the molecule is CC(C)c1ccc(OCC(=O)Nc2cc3c(cc2N2CCCCC2)n(C)c(=O)c(=O)n3C)cc1. The highest BCUT2D eigenvalue weighted by molar-refractivity contribution is 5.99. The summed E-state index contributed by atoms with van der Waals surface area (Å²) in [6, 6.07) is 11.4. The molecule has 1 saturated heterocycles. The fourth-order valence-electron chi connectivity index (χ4n) is 4.39. The van der Waals surface area contributed by atoms with Gasteiger partial charge in [0.15, 0.2) is 6.61 Å². The fraction of sp³-hybridized carbons (Fsp3) is 0.423. The van der Waals surface area contributed by atoms with Crippen LogP contribution in [0.2, 0.25) is 0 Å². The number of carbonyl (C=O) groups excluding carboxylic acids is 1. The first kappa shape index (κ1) is 23.6. The minimum Gasteiger partial charge on any atom is -0.484 e. The number of nitrogens with one attached hydrogen (secondary N) is 1. The Morgan fingerprint density at radius 1 is 0.941 bits per heavy atom. The number of carbonyl (C=O) groups is 1. The van der Waals surface area contributed by atoms with E-state index in [1.54, 1.807) is 20.2 Å². The third-order valence-corrected chi connectivity index (χ3v) is 6.50. The molecule has 0 saturated carbocycles. The van der Waals surface area contributed by atoms with E-state index in [0.29, 0.717) is 28.4 Å². The topological polar surface area (TPSA) is 85.6 Å². The van der Waals surface area contributed by atoms with Crippen molar-refractivity contribution in [3.05, 3.63) is 62.7 Å². The van der Waals surface area contributed by atoms with Crippen molar-refractivity contribution in [2.45, 2.75) is 39.0 Å². The molecular weight excluding hydrogens is 432 g/mol. The van der Waals surface area contributed by atoms with E-state index in [1.807, 2.05) is 30.3 Å². The number of rotatable bonds is 6. The smallest absolute Gasteiger partial charge is 0.316 e. The van der Waals surface area contributed by atoms with E-state index in [2.05, 4.69) is 24.1 Å². The van der Waals surface area contributed by atoms with Crippen LogP contribution in [0.4, 0.5) is 11.4 Å². The van der Waals surface area contributed by atoms with Gasteiger partial charge in [0.05, 0.1) is 22.4 Å². The Morgan fingerprint density at radius 2 is 1.53 bits per heavy atom. The van der Waals surface area contributed by atoms with Crippen molar-refractivity contribution >= 4 is 28.3 Å². The lowest BCUT2D eigenvalue weighted by atomic mass is 10.0. The van der Waals surface area contributed by atoms with Crippen LogP contribution >= 0.6 is 0 Å². The molecule has 1 aliphatic heterocycles. The number of piperidine rings is 1. The van der Waals surface area contributed by atoms with Gasteiger partial charge in [-0.1, -0.05) is 26.0 Å². The Bertz CT molecular complexity index is 1320. The highest BCUT2D eigenvalue weighted by atomic mass is 16.5. The molecule has 1 aliphatic rings. The molecule has 0 unspecified atom stereocenters. The monoisotopic (exact) mass is 464 g/mol. The lowest BCUT2D eigenvalue weighted by Crippen LogP contribution is -2.39. The summed E-state index contributed by atoms with van der Waals surface area (Å²) in [5.41, 5.74) is 2.70. The summed E-state index contributed by atoms with van der Waals surface area (Å²) < 4.78 is 8.41. The molecular formula is C26H32N4O4. The van der Waals surface area contributed by atoms with Gasteiger partial charge in [0.2, 0.25) is 0 Å². The van der Waals surface area contributed by atoms with E-state index < -0.39 is 11.1 Å². The second kappa shape index (κ2) is 9.75. The second-order valence-corrected chi connectivity index (χ2v) is 9.19. The molecule has 0 aliphatic carbocycles. The van der Waals surface area contributed by atoms with Gasteiger partial charge in [-0.2, -0.15) is 0 Å². The first-order valence-corrected chi connectivity index (χ1v) is 11.8. The van der Waals surface area contributed by atoms with Gasteiger partial charge in [-0.05, 0) is 55.0 Å². The highest BCUT2D eigenvalue weighted by Crippen LogP contribution is 2.32. The van der Waals surface area contributed by atoms with Crippen LogP contribution in [0.15, 0.2) is 46.0 Å². The molecule has 0 atom stereocenters. The molecule has 2 aromatic carbocycles. The molecule has 2 heterocycles. The minimum atomic E-state index is -0.605. The first-order chi connectivity index (χ1) is 16.3. The van der Waals surface area contributed by atoms with Crippen LogP contribution in [-0.4, -0.2) is 34.7 Å². The van der Waals surface area contributed by atoms with Crippen molar-refractivity contribution < 1.29 is 9.53 Å². The van der Waals surface area contributed by atoms with Crippen molar-refractivity contribution in [3.63, 3.8) is 0 Å². The van der Waals surface area contributed by atoms with E-state index in [9.17, 15) is 14.4 Å². The van der Waals surface area contributed by atoms with Crippen LogP contribution in [0.1, 0.15) is 44.6 Å². The number of hydrogen-bond acceptors (Lipinski definition) is 5. The van der Waals surface area contributed by atoms with E-state index in [-0.39, 0.29) is 12.5 Å². The number of amides is 1. The zero-order chi connectivity index (χ0) is 24.4. The zero-order valence-corrected chi connectivity index (χ0v) is 20.3. The number of ether oxygens (including phenoxy) is 1. The van der Waals surface area contributed by atoms with Crippen LogP contribution in [0.3, 0.4) is 0 Å². The molecule has 3 aromatic rings. The van der Waals surface area contributed by atoms with Gasteiger partial charge < -0.3 is 24.1 Å². The van der Waals surface area contributed by atoms with Crippen LogP contribution < -0.4 is 26.1 Å². The fourth-order valence-corrected chi connectivity index (χ4v) is 4.39. The van der Waals surface area contributed by atoms with Crippen molar-refractivity contribution in [2.75, 3.05) is 29.9 Å². The summed E-state index contributed by atoms with van der Waals surface area (Å²) in [4.78, 5) is 39.8. The quantitative estimate of drug-likeness (QED) is 0.566. The highest BCUT2D eigenvalue weighted by Gasteiger charge is 2.20. The van der Waals surface area contributed by atoms with Gasteiger partial charge in [0.25, 0.3) is 5.91 Å². The summed E-state index contributed by atoms with van der Waals surface area (Å²) >= 11 is 0. The molecule has 0 radical (unpaired) electrons. The predicted octanol–water partition coefficient (Wildman–Crippen LogP) is 3.37. The van der Waals surface area contributed by atoms with E-state index >= 15 is 0 Å². The molecule has 0 spiro atoms. The van der Waals surface area contributed by atoms with E-state index in [1.165, 1.54) is 21.1 Å². The summed E-state index contributed by atoms with van der Waals surface area (Å²) in [7, 11) is 3.17. The molecule has 1 N–H and O–H groups in total. The zero-order valence-electron chi connectivity index (χ0n) is 20.3. The maximum Gasteiger partial charge on any atom is 0.316 e. The number of anilines is 2. The number of fused-ring (bicyclic) bond motifs is 1. The number of benzene rings is 2. The van der Waals surface area contributed by atoms with Gasteiger partial charge in [-0.25, -0.2) is 0 Å². The first-order valence-electron chi connectivity index (χ1n) is 11.8. The summed E-state index contributed by atoms with van der Waals surface area (Å²) in [6.45, 7) is 5.85. The Kier molecular flexibility index (Phi) is 6.77. The van der Waals surface area contributed by atoms with Gasteiger partial charge in [-0.15, -0.1) is 0 Å². The lowest BCUT2D eigenvalue weighted by molar-refractivity contribution is -0.118. The summed E-state index contributed by atoms with van der Waals surface area (Å²) in [5.74, 6) is 0.765.